The summed E-state index contributed by atoms with van der Waals surface area (Å²) in [6.07, 6.45) is 0. The molecule has 0 saturated heterocycles. The molecule has 1 aromatic carbocycles. The number of nitrogens with zero attached hydrogens (tertiary/aromatic N) is 1. The lowest BCUT2D eigenvalue weighted by Gasteiger charge is -2.17. The molecule has 1 unspecified atom stereocenters. The van der Waals surface area contributed by atoms with E-state index in [4.69, 9.17) is 5.73 Å². The van der Waals surface area contributed by atoms with Crippen LogP contribution in [0, 0.1) is 20.8 Å². The highest BCUT2D eigenvalue weighted by Gasteiger charge is 2.15. The van der Waals surface area contributed by atoms with E-state index in [9.17, 15) is 4.79 Å². The Kier molecular flexibility index (Phi) is 4.09. The summed E-state index contributed by atoms with van der Waals surface area (Å²) >= 11 is 1.69. The van der Waals surface area contributed by atoms with Crippen molar-refractivity contribution in [2.75, 3.05) is 5.32 Å². The number of carbonyl (C=O) groups excluding carboxylic acids is 1. The zero-order valence-electron chi connectivity index (χ0n) is 12.2. The van der Waals surface area contributed by atoms with E-state index in [2.05, 4.69) is 17.2 Å². The molecule has 1 atom stereocenters. The van der Waals surface area contributed by atoms with Crippen molar-refractivity contribution < 1.29 is 4.79 Å². The smallest absolute Gasteiger partial charge is 0.249 e. The first-order valence-corrected chi connectivity index (χ1v) is 7.31. The van der Waals surface area contributed by atoms with Crippen molar-refractivity contribution in [3.05, 3.63) is 44.9 Å². The fraction of sp³-hybridized carbons (Fsp3) is 0.333. The van der Waals surface area contributed by atoms with E-state index < -0.39 is 5.91 Å². The summed E-state index contributed by atoms with van der Waals surface area (Å²) in [5, 5.41) is 4.50. The molecule has 20 heavy (non-hydrogen) atoms. The van der Waals surface area contributed by atoms with E-state index in [1.54, 1.807) is 17.4 Å². The lowest BCUT2D eigenvalue weighted by Crippen LogP contribution is -2.14. The van der Waals surface area contributed by atoms with Gasteiger partial charge in [0.25, 0.3) is 0 Å². The monoisotopic (exact) mass is 289 g/mol. The number of primary amides is 1. The third kappa shape index (κ3) is 2.82. The largest absolute Gasteiger partial charge is 0.377 e. The molecule has 1 amide bonds. The summed E-state index contributed by atoms with van der Waals surface area (Å²) in [5.41, 5.74) is 8.80. The van der Waals surface area contributed by atoms with Crippen molar-refractivity contribution >= 4 is 22.9 Å². The molecule has 0 bridgehead atoms. The van der Waals surface area contributed by atoms with Crippen LogP contribution >= 0.6 is 11.3 Å². The van der Waals surface area contributed by atoms with Gasteiger partial charge in [0.15, 0.2) is 0 Å². The van der Waals surface area contributed by atoms with Crippen LogP contribution in [0.1, 0.15) is 44.5 Å². The number of aromatic nitrogens is 1. The van der Waals surface area contributed by atoms with Crippen molar-refractivity contribution in [1.82, 2.24) is 4.98 Å². The molecular weight excluding hydrogens is 270 g/mol. The van der Waals surface area contributed by atoms with Crippen LogP contribution in [0.5, 0.6) is 0 Å². The number of anilines is 1. The van der Waals surface area contributed by atoms with Crippen molar-refractivity contribution in [2.45, 2.75) is 33.7 Å². The lowest BCUT2D eigenvalue weighted by atomic mass is 10.1. The van der Waals surface area contributed by atoms with Crippen LogP contribution in [0.15, 0.2) is 18.2 Å². The van der Waals surface area contributed by atoms with E-state index in [0.717, 1.165) is 22.0 Å². The molecule has 5 heteroatoms. The van der Waals surface area contributed by atoms with E-state index in [-0.39, 0.29) is 6.04 Å². The van der Waals surface area contributed by atoms with Gasteiger partial charge in [-0.1, -0.05) is 6.07 Å². The Morgan fingerprint density at radius 2 is 2.05 bits per heavy atom. The van der Waals surface area contributed by atoms with Crippen molar-refractivity contribution in [1.29, 1.82) is 0 Å². The maximum atomic E-state index is 11.4. The Morgan fingerprint density at radius 3 is 2.60 bits per heavy atom. The van der Waals surface area contributed by atoms with Gasteiger partial charge in [0.05, 0.1) is 16.7 Å². The van der Waals surface area contributed by atoms with Crippen LogP contribution in [0.2, 0.25) is 0 Å². The summed E-state index contributed by atoms with van der Waals surface area (Å²) in [7, 11) is 0. The fourth-order valence-electron chi connectivity index (χ4n) is 2.31. The Balaban J connectivity index is 2.28. The first-order chi connectivity index (χ1) is 9.40. The molecule has 0 fully saturated rings. The van der Waals surface area contributed by atoms with Gasteiger partial charge >= 0.3 is 0 Å². The molecule has 2 rings (SSSR count). The number of nitrogens with one attached hydrogen (secondary N) is 1. The molecule has 106 valence electrons. The Labute approximate surface area is 123 Å². The third-order valence-electron chi connectivity index (χ3n) is 3.30. The second-order valence-corrected chi connectivity index (χ2v) is 6.13. The molecule has 1 aromatic heterocycles. The van der Waals surface area contributed by atoms with Gasteiger partial charge in [-0.25, -0.2) is 4.98 Å². The predicted molar refractivity (Wildman–Crippen MR) is 83.3 cm³/mol. The minimum Gasteiger partial charge on any atom is -0.377 e. The van der Waals surface area contributed by atoms with Crippen LogP contribution in [0.4, 0.5) is 5.69 Å². The molecule has 4 nitrogen and oxygen atoms in total. The molecule has 0 radical (unpaired) electrons. The number of aryl methyl sites for hydroxylation is 2. The van der Waals surface area contributed by atoms with Crippen molar-refractivity contribution in [2.24, 2.45) is 5.73 Å². The van der Waals surface area contributed by atoms with Crippen LogP contribution < -0.4 is 11.1 Å². The SMILES string of the molecule is Cc1nc(C)c(C(C)Nc2cccc(C(N)=O)c2C)s1. The normalized spacial score (nSPS) is 12.2. The molecule has 0 spiro atoms. The highest BCUT2D eigenvalue weighted by atomic mass is 32.1. The summed E-state index contributed by atoms with van der Waals surface area (Å²) in [5.74, 6) is -0.399. The fourth-order valence-corrected chi connectivity index (χ4v) is 3.24. The number of amides is 1. The van der Waals surface area contributed by atoms with Crippen molar-refractivity contribution in [3.8, 4) is 0 Å². The summed E-state index contributed by atoms with van der Waals surface area (Å²) < 4.78 is 0. The number of carbonyl (C=O) groups is 1. The van der Waals surface area contributed by atoms with Gasteiger partial charge < -0.3 is 11.1 Å². The molecule has 1 heterocycles. The van der Waals surface area contributed by atoms with Crippen LogP contribution in [-0.2, 0) is 0 Å². The van der Waals surface area contributed by atoms with Gasteiger partial charge in [-0.3, -0.25) is 4.79 Å². The summed E-state index contributed by atoms with van der Waals surface area (Å²) in [4.78, 5) is 17.0. The summed E-state index contributed by atoms with van der Waals surface area (Å²) in [6.45, 7) is 8.02. The molecule has 0 aliphatic heterocycles. The van der Waals surface area contributed by atoms with Crippen LogP contribution in [-0.4, -0.2) is 10.9 Å². The predicted octanol–water partition coefficient (Wildman–Crippen LogP) is 3.34. The third-order valence-corrected chi connectivity index (χ3v) is 4.56. The minimum atomic E-state index is -0.399. The number of hydrogen-bond acceptors (Lipinski definition) is 4. The maximum Gasteiger partial charge on any atom is 0.249 e. The average Bonchev–Trinajstić information content (AvgIpc) is 2.70. The molecular formula is C15H19N3OS. The lowest BCUT2D eigenvalue weighted by molar-refractivity contribution is 0.1000. The van der Waals surface area contributed by atoms with Crippen LogP contribution in [0.25, 0.3) is 0 Å². The second kappa shape index (κ2) is 5.63. The number of nitrogens with two attached hydrogens (primary N) is 1. The number of benzene rings is 1. The van der Waals surface area contributed by atoms with Gasteiger partial charge in [0.2, 0.25) is 5.91 Å². The van der Waals surface area contributed by atoms with Gasteiger partial charge in [-0.2, -0.15) is 0 Å². The molecule has 0 aliphatic carbocycles. The van der Waals surface area contributed by atoms with Gasteiger partial charge in [-0.15, -0.1) is 11.3 Å². The number of rotatable bonds is 4. The zero-order valence-corrected chi connectivity index (χ0v) is 13.0. The second-order valence-electron chi connectivity index (χ2n) is 4.89. The number of thiazole rings is 1. The Hall–Kier alpha value is -1.88. The maximum absolute atomic E-state index is 11.4. The first kappa shape index (κ1) is 14.5. The van der Waals surface area contributed by atoms with Crippen molar-refractivity contribution in [3.63, 3.8) is 0 Å². The minimum absolute atomic E-state index is 0.142. The van der Waals surface area contributed by atoms with Gasteiger partial charge in [-0.05, 0) is 45.4 Å². The zero-order chi connectivity index (χ0) is 14.9. The average molecular weight is 289 g/mol. The number of hydrogen-bond donors (Lipinski definition) is 2. The highest BCUT2D eigenvalue weighted by Crippen LogP contribution is 2.29. The Morgan fingerprint density at radius 1 is 1.35 bits per heavy atom. The standard InChI is InChI=1S/C15H19N3OS/c1-8-12(15(16)19)6-5-7-13(8)18-10(3)14-9(2)17-11(4)20-14/h5-7,10,18H,1-4H3,(H2,16,19). The van der Waals surface area contributed by atoms with E-state index in [0.29, 0.717) is 5.56 Å². The highest BCUT2D eigenvalue weighted by molar-refractivity contribution is 7.11. The summed E-state index contributed by atoms with van der Waals surface area (Å²) in [6, 6.07) is 5.69. The topological polar surface area (TPSA) is 68.0 Å². The molecule has 3 N–H and O–H groups in total. The Bertz CT molecular complexity index is 649. The van der Waals surface area contributed by atoms with Gasteiger partial charge in [0.1, 0.15) is 0 Å². The quantitative estimate of drug-likeness (QED) is 0.907. The first-order valence-electron chi connectivity index (χ1n) is 6.50. The molecule has 0 saturated carbocycles. The van der Waals surface area contributed by atoms with E-state index >= 15 is 0 Å². The van der Waals surface area contributed by atoms with Crippen LogP contribution in [0.3, 0.4) is 0 Å². The van der Waals surface area contributed by atoms with E-state index in [1.165, 1.54) is 4.88 Å². The molecule has 2 aromatic rings. The molecule has 0 aliphatic rings. The van der Waals surface area contributed by atoms with Gasteiger partial charge in [0, 0.05) is 16.1 Å². The van der Waals surface area contributed by atoms with E-state index in [1.807, 2.05) is 32.9 Å².